The highest BCUT2D eigenvalue weighted by atomic mass is 35.6. The van der Waals surface area contributed by atoms with Gasteiger partial charge in [-0.3, -0.25) is 0 Å². The first kappa shape index (κ1) is 15.1. The molecule has 17 heavy (non-hydrogen) atoms. The molecule has 8 heteroatoms. The molecular formula is C9H13Cl3N4S. The predicted molar refractivity (Wildman–Crippen MR) is 74.4 cm³/mol. The third-order valence-corrected chi connectivity index (χ3v) is 3.14. The number of hydrogen-bond acceptors (Lipinski definition) is 5. The molecule has 0 radical (unpaired) electrons. The third kappa shape index (κ3) is 4.02. The monoisotopic (exact) mass is 314 g/mol. The standard InChI is InChI=1S/C9H13Cl3N4S/c1-4-16(5-2)7-13-6(9(10,11)12)14-8(15-7)17-3/h4-5H2,1-3H3. The molecule has 0 aromatic carbocycles. The summed E-state index contributed by atoms with van der Waals surface area (Å²) in [5, 5.41) is 0.545. The van der Waals surface area contributed by atoms with Crippen molar-refractivity contribution in [2.45, 2.75) is 22.8 Å². The Morgan fingerprint density at radius 1 is 1.12 bits per heavy atom. The highest BCUT2D eigenvalue weighted by Gasteiger charge is 2.28. The van der Waals surface area contributed by atoms with Gasteiger partial charge in [-0.25, -0.2) is 4.98 Å². The second kappa shape index (κ2) is 6.27. The largest absolute Gasteiger partial charge is 0.341 e. The van der Waals surface area contributed by atoms with Gasteiger partial charge < -0.3 is 4.90 Å². The summed E-state index contributed by atoms with van der Waals surface area (Å²) in [4.78, 5) is 14.6. The average molecular weight is 316 g/mol. The molecule has 0 amide bonds. The van der Waals surface area contributed by atoms with E-state index in [1.165, 1.54) is 11.8 Å². The zero-order valence-electron chi connectivity index (χ0n) is 9.75. The molecule has 4 nitrogen and oxygen atoms in total. The van der Waals surface area contributed by atoms with E-state index in [9.17, 15) is 0 Å². The summed E-state index contributed by atoms with van der Waals surface area (Å²) in [6.07, 6.45) is 1.86. The van der Waals surface area contributed by atoms with Crippen LogP contribution in [0.5, 0.6) is 0 Å². The van der Waals surface area contributed by atoms with Crippen molar-refractivity contribution in [3.8, 4) is 0 Å². The zero-order chi connectivity index (χ0) is 13.1. The summed E-state index contributed by atoms with van der Waals surface area (Å²) < 4.78 is -1.63. The molecule has 0 bridgehead atoms. The summed E-state index contributed by atoms with van der Waals surface area (Å²) in [5.41, 5.74) is 0. The van der Waals surface area contributed by atoms with Crippen LogP contribution in [0.4, 0.5) is 5.95 Å². The van der Waals surface area contributed by atoms with Crippen LogP contribution < -0.4 is 4.90 Å². The SMILES string of the molecule is CCN(CC)c1nc(SC)nc(C(Cl)(Cl)Cl)n1. The third-order valence-electron chi connectivity index (χ3n) is 2.09. The van der Waals surface area contributed by atoms with Crippen LogP contribution in [-0.4, -0.2) is 34.3 Å². The first-order chi connectivity index (χ1) is 7.92. The number of alkyl halides is 3. The van der Waals surface area contributed by atoms with E-state index < -0.39 is 3.79 Å². The Balaban J connectivity index is 3.22. The van der Waals surface area contributed by atoms with Crippen LogP contribution in [0, 0.1) is 0 Å². The van der Waals surface area contributed by atoms with Crippen LogP contribution in [-0.2, 0) is 3.79 Å². The first-order valence-electron chi connectivity index (χ1n) is 5.04. The van der Waals surface area contributed by atoms with E-state index >= 15 is 0 Å². The van der Waals surface area contributed by atoms with E-state index in [4.69, 9.17) is 34.8 Å². The Bertz CT molecular complexity index is 379. The van der Waals surface area contributed by atoms with E-state index in [1.807, 2.05) is 25.0 Å². The van der Waals surface area contributed by atoms with Crippen LogP contribution in [0.1, 0.15) is 19.7 Å². The van der Waals surface area contributed by atoms with Gasteiger partial charge in [-0.05, 0) is 20.1 Å². The lowest BCUT2D eigenvalue weighted by molar-refractivity contribution is 0.753. The minimum absolute atomic E-state index is 0.156. The molecule has 0 N–H and O–H groups in total. The van der Waals surface area contributed by atoms with E-state index in [-0.39, 0.29) is 5.82 Å². The molecule has 0 fully saturated rings. The number of nitrogens with zero attached hydrogens (tertiary/aromatic N) is 4. The molecule has 0 aliphatic rings. The summed E-state index contributed by atoms with van der Waals surface area (Å²) in [7, 11) is 0. The molecule has 0 unspecified atom stereocenters. The summed E-state index contributed by atoms with van der Waals surface area (Å²) >= 11 is 18.8. The Kier molecular flexibility index (Phi) is 5.57. The van der Waals surface area contributed by atoms with Crippen molar-refractivity contribution in [1.82, 2.24) is 15.0 Å². The van der Waals surface area contributed by atoms with Crippen LogP contribution in [0.2, 0.25) is 0 Å². The maximum atomic E-state index is 5.80. The second-order valence-electron chi connectivity index (χ2n) is 3.12. The van der Waals surface area contributed by atoms with Crippen LogP contribution >= 0.6 is 46.6 Å². The molecule has 0 saturated heterocycles. The van der Waals surface area contributed by atoms with Gasteiger partial charge in [0.25, 0.3) is 0 Å². The van der Waals surface area contributed by atoms with Gasteiger partial charge in [0.05, 0.1) is 0 Å². The summed E-state index contributed by atoms with van der Waals surface area (Å²) in [5.74, 6) is 0.694. The lowest BCUT2D eigenvalue weighted by atomic mass is 10.5. The lowest BCUT2D eigenvalue weighted by Crippen LogP contribution is -2.26. The fourth-order valence-corrected chi connectivity index (χ4v) is 1.82. The molecule has 0 spiro atoms. The first-order valence-corrected chi connectivity index (χ1v) is 7.40. The van der Waals surface area contributed by atoms with Gasteiger partial charge in [0.1, 0.15) is 0 Å². The molecule has 1 rings (SSSR count). The van der Waals surface area contributed by atoms with Crippen LogP contribution in [0.25, 0.3) is 0 Å². The second-order valence-corrected chi connectivity index (χ2v) is 6.17. The Labute approximate surface area is 120 Å². The highest BCUT2D eigenvalue weighted by molar-refractivity contribution is 7.98. The van der Waals surface area contributed by atoms with Gasteiger partial charge in [0, 0.05) is 13.1 Å². The maximum absolute atomic E-state index is 5.80. The van der Waals surface area contributed by atoms with E-state index in [0.29, 0.717) is 11.1 Å². The number of hydrogen-bond donors (Lipinski definition) is 0. The topological polar surface area (TPSA) is 41.9 Å². The smallest absolute Gasteiger partial charge is 0.250 e. The van der Waals surface area contributed by atoms with Gasteiger partial charge in [0.15, 0.2) is 11.0 Å². The van der Waals surface area contributed by atoms with E-state index in [1.54, 1.807) is 0 Å². The number of aromatic nitrogens is 3. The zero-order valence-corrected chi connectivity index (χ0v) is 12.8. The van der Waals surface area contributed by atoms with Crippen molar-refractivity contribution in [3.05, 3.63) is 5.82 Å². The van der Waals surface area contributed by atoms with Crippen molar-refractivity contribution in [1.29, 1.82) is 0 Å². The minimum Gasteiger partial charge on any atom is -0.341 e. The highest BCUT2D eigenvalue weighted by Crippen LogP contribution is 2.36. The van der Waals surface area contributed by atoms with Crippen molar-refractivity contribution in [3.63, 3.8) is 0 Å². The molecular weight excluding hydrogens is 303 g/mol. The molecule has 0 saturated carbocycles. The van der Waals surface area contributed by atoms with Crippen molar-refractivity contribution >= 4 is 52.5 Å². The lowest BCUT2D eigenvalue weighted by Gasteiger charge is -2.20. The van der Waals surface area contributed by atoms with Gasteiger partial charge >= 0.3 is 0 Å². The Hall–Kier alpha value is 0.0300. The quantitative estimate of drug-likeness (QED) is 0.630. The molecule has 96 valence electrons. The van der Waals surface area contributed by atoms with Gasteiger partial charge in [-0.15, -0.1) is 0 Å². The fraction of sp³-hybridized carbons (Fsp3) is 0.667. The van der Waals surface area contributed by atoms with Crippen molar-refractivity contribution < 1.29 is 0 Å². The van der Waals surface area contributed by atoms with Gasteiger partial charge in [0.2, 0.25) is 9.74 Å². The van der Waals surface area contributed by atoms with Crippen LogP contribution in [0.15, 0.2) is 5.16 Å². The Morgan fingerprint density at radius 3 is 2.12 bits per heavy atom. The minimum atomic E-state index is -1.63. The van der Waals surface area contributed by atoms with Gasteiger partial charge in [-0.1, -0.05) is 46.6 Å². The fourth-order valence-electron chi connectivity index (χ4n) is 1.21. The molecule has 0 aliphatic carbocycles. The number of halogens is 3. The molecule has 1 aromatic rings. The van der Waals surface area contributed by atoms with Gasteiger partial charge in [-0.2, -0.15) is 9.97 Å². The molecule has 1 aromatic heterocycles. The normalized spacial score (nSPS) is 11.6. The summed E-state index contributed by atoms with van der Waals surface area (Å²) in [6.45, 7) is 5.60. The van der Waals surface area contributed by atoms with Crippen molar-refractivity contribution in [2.75, 3.05) is 24.2 Å². The maximum Gasteiger partial charge on any atom is 0.250 e. The average Bonchev–Trinajstić information content (AvgIpc) is 2.29. The number of thioether (sulfide) groups is 1. The van der Waals surface area contributed by atoms with Crippen molar-refractivity contribution in [2.24, 2.45) is 0 Å². The Morgan fingerprint density at radius 2 is 1.71 bits per heavy atom. The van der Waals surface area contributed by atoms with Crippen LogP contribution in [0.3, 0.4) is 0 Å². The predicted octanol–water partition coefficient (Wildman–Crippen LogP) is 3.27. The van der Waals surface area contributed by atoms with E-state index in [2.05, 4.69) is 15.0 Å². The number of rotatable bonds is 4. The summed E-state index contributed by atoms with van der Waals surface area (Å²) in [6, 6.07) is 0. The molecule has 0 atom stereocenters. The molecule has 1 heterocycles. The van der Waals surface area contributed by atoms with E-state index in [0.717, 1.165) is 13.1 Å². The molecule has 0 aliphatic heterocycles. The number of anilines is 1.